The second kappa shape index (κ2) is 6.98. The topological polar surface area (TPSA) is 30.2 Å². The van der Waals surface area contributed by atoms with Crippen LogP contribution in [0.25, 0.3) is 26.8 Å². The van der Waals surface area contributed by atoms with E-state index in [0.29, 0.717) is 0 Å². The second-order valence-electron chi connectivity index (χ2n) is 4.67. The number of aromatic nitrogens is 3. The van der Waals surface area contributed by atoms with Crippen LogP contribution in [-0.4, -0.2) is 14.6 Å². The zero-order valence-electron chi connectivity index (χ0n) is 13.0. The van der Waals surface area contributed by atoms with Crippen molar-refractivity contribution in [3.05, 3.63) is 60.8 Å². The van der Waals surface area contributed by atoms with Crippen LogP contribution in [0, 0.1) is 0 Å². The van der Waals surface area contributed by atoms with Crippen LogP contribution in [0.3, 0.4) is 0 Å². The summed E-state index contributed by atoms with van der Waals surface area (Å²) in [5.41, 5.74) is 3.13. The monoisotopic (exact) mass is 339 g/mol. The number of fused-ring (bicyclic) bond motifs is 1. The lowest BCUT2D eigenvalue weighted by molar-refractivity contribution is 0.978. The summed E-state index contributed by atoms with van der Waals surface area (Å²) in [5.74, 6) is 0. The van der Waals surface area contributed by atoms with Crippen LogP contribution in [-0.2, 0) is 0 Å². The second-order valence-corrected chi connectivity index (χ2v) is 6.15. The Morgan fingerprint density at radius 3 is 2.26 bits per heavy atom. The number of imidazole rings is 1. The molecule has 0 spiro atoms. The molecule has 0 N–H and O–H groups in total. The lowest BCUT2D eigenvalue weighted by atomic mass is 10.2. The van der Waals surface area contributed by atoms with Gasteiger partial charge < -0.3 is 0 Å². The quantitative estimate of drug-likeness (QED) is 0.493. The van der Waals surface area contributed by atoms with Crippen LogP contribution in [0.4, 0.5) is 0 Å². The van der Waals surface area contributed by atoms with Gasteiger partial charge in [0.1, 0.15) is 5.01 Å². The van der Waals surface area contributed by atoms with E-state index in [2.05, 4.69) is 34.8 Å². The highest BCUT2D eigenvalue weighted by molar-refractivity contribution is 7.80. The molecular formula is C18H17N3S2. The van der Waals surface area contributed by atoms with Gasteiger partial charge >= 0.3 is 0 Å². The van der Waals surface area contributed by atoms with Gasteiger partial charge in [0.25, 0.3) is 0 Å². The molecule has 2 heterocycles. The Hall–Kier alpha value is -2.11. The molecule has 0 saturated carbocycles. The van der Waals surface area contributed by atoms with Crippen molar-refractivity contribution in [2.75, 3.05) is 0 Å². The van der Waals surface area contributed by atoms with Crippen LogP contribution in [0.5, 0.6) is 0 Å². The van der Waals surface area contributed by atoms with Gasteiger partial charge in [-0.2, -0.15) is 5.10 Å². The van der Waals surface area contributed by atoms with Crippen molar-refractivity contribution in [1.82, 2.24) is 14.6 Å². The van der Waals surface area contributed by atoms with E-state index in [1.807, 2.05) is 67.0 Å². The maximum atomic E-state index is 4.65. The number of rotatable bonds is 2. The summed E-state index contributed by atoms with van der Waals surface area (Å²) in [5, 5.41) is 5.59. The predicted molar refractivity (Wildman–Crippen MR) is 100 cm³/mol. The predicted octanol–water partition coefficient (Wildman–Crippen LogP) is 5.44. The molecule has 3 nitrogen and oxygen atoms in total. The van der Waals surface area contributed by atoms with Crippen molar-refractivity contribution in [2.24, 2.45) is 0 Å². The number of nitrogens with zero attached hydrogens (tertiary/aromatic N) is 3. The van der Waals surface area contributed by atoms with Crippen LogP contribution < -0.4 is 0 Å². The van der Waals surface area contributed by atoms with Gasteiger partial charge in [0, 0.05) is 16.0 Å². The van der Waals surface area contributed by atoms with E-state index >= 15 is 0 Å². The Kier molecular flexibility index (Phi) is 4.79. The maximum Gasteiger partial charge on any atom is 0.213 e. The SMILES string of the molecule is CC.Sc1ccc(-c2cn3nc(-c4ccccc4)sc3n2)cc1. The average Bonchev–Trinajstić information content (AvgIpc) is 3.17. The molecule has 0 fully saturated rings. The van der Waals surface area contributed by atoms with E-state index in [1.165, 1.54) is 0 Å². The van der Waals surface area contributed by atoms with Crippen molar-refractivity contribution in [2.45, 2.75) is 18.7 Å². The minimum absolute atomic E-state index is 0.902. The molecular weight excluding hydrogens is 322 g/mol. The van der Waals surface area contributed by atoms with Crippen LogP contribution in [0.15, 0.2) is 65.7 Å². The Bertz CT molecular complexity index is 862. The van der Waals surface area contributed by atoms with Gasteiger partial charge in [-0.3, -0.25) is 0 Å². The number of hydrogen-bond donors (Lipinski definition) is 1. The fourth-order valence-electron chi connectivity index (χ4n) is 2.17. The van der Waals surface area contributed by atoms with Gasteiger partial charge in [0.2, 0.25) is 4.96 Å². The minimum atomic E-state index is 0.902. The summed E-state index contributed by atoms with van der Waals surface area (Å²) in [7, 11) is 0. The van der Waals surface area contributed by atoms with Gasteiger partial charge in [-0.25, -0.2) is 9.50 Å². The van der Waals surface area contributed by atoms with Crippen LogP contribution in [0.2, 0.25) is 0 Å². The Balaban J connectivity index is 0.000000753. The highest BCUT2D eigenvalue weighted by Crippen LogP contribution is 2.28. The lowest BCUT2D eigenvalue weighted by Gasteiger charge is -1.96. The Morgan fingerprint density at radius 2 is 1.61 bits per heavy atom. The van der Waals surface area contributed by atoms with E-state index in [-0.39, 0.29) is 0 Å². The number of hydrogen-bond acceptors (Lipinski definition) is 4. The Labute approximate surface area is 145 Å². The fourth-order valence-corrected chi connectivity index (χ4v) is 3.20. The molecule has 0 aliphatic carbocycles. The summed E-state index contributed by atoms with van der Waals surface area (Å²) in [6.07, 6.45) is 1.96. The zero-order valence-corrected chi connectivity index (χ0v) is 14.7. The molecule has 0 unspecified atom stereocenters. The van der Waals surface area contributed by atoms with E-state index in [9.17, 15) is 0 Å². The normalized spacial score (nSPS) is 10.4. The highest BCUT2D eigenvalue weighted by Gasteiger charge is 2.10. The van der Waals surface area contributed by atoms with Gasteiger partial charge in [0.05, 0.1) is 11.9 Å². The first-order chi connectivity index (χ1) is 11.3. The van der Waals surface area contributed by atoms with Crippen molar-refractivity contribution < 1.29 is 0 Å². The fraction of sp³-hybridized carbons (Fsp3) is 0.111. The number of thiol groups is 1. The molecule has 4 aromatic rings. The third-order valence-electron chi connectivity index (χ3n) is 3.23. The van der Waals surface area contributed by atoms with Gasteiger partial charge in [-0.15, -0.1) is 12.6 Å². The molecule has 2 aromatic carbocycles. The summed E-state index contributed by atoms with van der Waals surface area (Å²) in [6.45, 7) is 4.00. The average molecular weight is 339 g/mol. The molecule has 2 aromatic heterocycles. The molecule has 0 saturated heterocycles. The van der Waals surface area contributed by atoms with E-state index in [0.717, 1.165) is 31.7 Å². The molecule has 0 radical (unpaired) electrons. The van der Waals surface area contributed by atoms with Gasteiger partial charge in [-0.05, 0) is 12.1 Å². The summed E-state index contributed by atoms with van der Waals surface area (Å²) in [6, 6.07) is 18.1. The largest absolute Gasteiger partial charge is 0.217 e. The summed E-state index contributed by atoms with van der Waals surface area (Å²) < 4.78 is 1.84. The van der Waals surface area contributed by atoms with Gasteiger partial charge in [0.15, 0.2) is 0 Å². The molecule has 4 rings (SSSR count). The maximum absolute atomic E-state index is 4.65. The van der Waals surface area contributed by atoms with Gasteiger partial charge in [-0.1, -0.05) is 67.6 Å². The third kappa shape index (κ3) is 3.30. The van der Waals surface area contributed by atoms with E-state index in [1.54, 1.807) is 11.3 Å². The van der Waals surface area contributed by atoms with Crippen molar-refractivity contribution in [3.63, 3.8) is 0 Å². The lowest BCUT2D eigenvalue weighted by Crippen LogP contribution is -1.82. The standard InChI is InChI=1S/C16H11N3S2.C2H6/c20-13-8-6-11(7-9-13)14-10-19-16(17-14)21-15(18-19)12-4-2-1-3-5-12;1-2/h1-10,20H;1-2H3. The Morgan fingerprint density at radius 1 is 0.913 bits per heavy atom. The molecule has 0 atom stereocenters. The third-order valence-corrected chi connectivity index (χ3v) is 4.50. The molecule has 0 bridgehead atoms. The molecule has 116 valence electrons. The minimum Gasteiger partial charge on any atom is -0.217 e. The zero-order chi connectivity index (χ0) is 16.2. The smallest absolute Gasteiger partial charge is 0.213 e. The molecule has 5 heteroatoms. The molecule has 23 heavy (non-hydrogen) atoms. The number of benzene rings is 2. The molecule has 0 aliphatic rings. The first-order valence-corrected chi connectivity index (χ1v) is 8.77. The first kappa shape index (κ1) is 15.8. The molecule has 0 amide bonds. The van der Waals surface area contributed by atoms with Crippen molar-refractivity contribution in [3.8, 4) is 21.8 Å². The highest BCUT2D eigenvalue weighted by atomic mass is 32.1. The summed E-state index contributed by atoms with van der Waals surface area (Å²) >= 11 is 5.89. The summed E-state index contributed by atoms with van der Waals surface area (Å²) in [4.78, 5) is 6.50. The van der Waals surface area contributed by atoms with Crippen LogP contribution >= 0.6 is 24.0 Å². The van der Waals surface area contributed by atoms with E-state index < -0.39 is 0 Å². The van der Waals surface area contributed by atoms with Crippen LogP contribution in [0.1, 0.15) is 13.8 Å². The van der Waals surface area contributed by atoms with Crippen molar-refractivity contribution >= 4 is 28.9 Å². The van der Waals surface area contributed by atoms with E-state index in [4.69, 9.17) is 0 Å². The van der Waals surface area contributed by atoms with Crippen molar-refractivity contribution in [1.29, 1.82) is 0 Å². The molecule has 0 aliphatic heterocycles. The first-order valence-electron chi connectivity index (χ1n) is 7.51.